The standard InChI is InChI=1S/C13H25N3S3/c1-5-8-10(14-9-6-2)11(7-3)18-13-16-15-12(17-4)19-13/h10-11,14H,5-9H2,1-4H3. The van der Waals surface area contributed by atoms with Crippen molar-refractivity contribution in [3.63, 3.8) is 0 Å². The van der Waals surface area contributed by atoms with Crippen molar-refractivity contribution < 1.29 is 0 Å². The lowest BCUT2D eigenvalue weighted by molar-refractivity contribution is 0.454. The van der Waals surface area contributed by atoms with E-state index in [1.165, 1.54) is 25.7 Å². The number of nitrogens with zero attached hydrogens (tertiary/aromatic N) is 2. The average Bonchev–Trinajstić information content (AvgIpc) is 2.89. The van der Waals surface area contributed by atoms with Crippen LogP contribution < -0.4 is 5.32 Å². The molecule has 110 valence electrons. The zero-order chi connectivity index (χ0) is 14.1. The molecule has 0 aliphatic rings. The summed E-state index contributed by atoms with van der Waals surface area (Å²) in [6.07, 6.45) is 6.87. The first-order chi connectivity index (χ1) is 9.24. The second kappa shape index (κ2) is 10.0. The van der Waals surface area contributed by atoms with E-state index in [4.69, 9.17) is 0 Å². The van der Waals surface area contributed by atoms with Crippen LogP contribution >= 0.6 is 34.9 Å². The van der Waals surface area contributed by atoms with Crippen LogP contribution in [0.1, 0.15) is 46.5 Å². The number of nitrogens with one attached hydrogen (secondary N) is 1. The number of thioether (sulfide) groups is 2. The Kier molecular flexibility index (Phi) is 9.11. The lowest BCUT2D eigenvalue weighted by Crippen LogP contribution is -2.38. The van der Waals surface area contributed by atoms with Gasteiger partial charge in [-0.25, -0.2) is 0 Å². The molecule has 0 amide bonds. The molecule has 6 heteroatoms. The summed E-state index contributed by atoms with van der Waals surface area (Å²) in [4.78, 5) is 0. The smallest absolute Gasteiger partial charge is 0.175 e. The van der Waals surface area contributed by atoms with E-state index in [9.17, 15) is 0 Å². The van der Waals surface area contributed by atoms with Crippen molar-refractivity contribution in [3.05, 3.63) is 0 Å². The molecule has 1 rings (SSSR count). The molecule has 0 spiro atoms. The predicted octanol–water partition coefficient (Wildman–Crippen LogP) is 4.30. The number of hydrogen-bond donors (Lipinski definition) is 1. The van der Waals surface area contributed by atoms with Gasteiger partial charge >= 0.3 is 0 Å². The largest absolute Gasteiger partial charge is 0.313 e. The third-order valence-electron chi connectivity index (χ3n) is 2.92. The van der Waals surface area contributed by atoms with E-state index < -0.39 is 0 Å². The fourth-order valence-electron chi connectivity index (χ4n) is 1.97. The van der Waals surface area contributed by atoms with Crippen LogP contribution in [0.2, 0.25) is 0 Å². The topological polar surface area (TPSA) is 37.8 Å². The monoisotopic (exact) mass is 319 g/mol. The molecule has 2 unspecified atom stereocenters. The Bertz CT molecular complexity index is 344. The highest BCUT2D eigenvalue weighted by Gasteiger charge is 2.21. The molecular weight excluding hydrogens is 294 g/mol. The molecule has 2 atom stereocenters. The molecular formula is C13H25N3S3. The Labute approximate surface area is 129 Å². The first-order valence-electron chi connectivity index (χ1n) is 7.02. The zero-order valence-electron chi connectivity index (χ0n) is 12.3. The van der Waals surface area contributed by atoms with Crippen LogP contribution in [0.5, 0.6) is 0 Å². The highest BCUT2D eigenvalue weighted by Crippen LogP contribution is 2.33. The molecule has 1 aromatic rings. The van der Waals surface area contributed by atoms with Crippen molar-refractivity contribution in [2.75, 3.05) is 12.8 Å². The summed E-state index contributed by atoms with van der Waals surface area (Å²) in [6.45, 7) is 7.85. The Morgan fingerprint density at radius 3 is 2.42 bits per heavy atom. The van der Waals surface area contributed by atoms with Crippen molar-refractivity contribution in [2.45, 2.75) is 66.4 Å². The highest BCUT2D eigenvalue weighted by atomic mass is 32.2. The van der Waals surface area contributed by atoms with Crippen LogP contribution in [-0.2, 0) is 0 Å². The lowest BCUT2D eigenvalue weighted by atomic mass is 10.1. The molecule has 1 aromatic heterocycles. The van der Waals surface area contributed by atoms with Gasteiger partial charge in [0.25, 0.3) is 0 Å². The lowest BCUT2D eigenvalue weighted by Gasteiger charge is -2.25. The van der Waals surface area contributed by atoms with E-state index in [1.807, 2.05) is 11.8 Å². The summed E-state index contributed by atoms with van der Waals surface area (Å²) >= 11 is 5.28. The maximum atomic E-state index is 4.28. The van der Waals surface area contributed by atoms with Gasteiger partial charge in [0, 0.05) is 11.3 Å². The van der Waals surface area contributed by atoms with Crippen molar-refractivity contribution in [1.82, 2.24) is 15.5 Å². The minimum Gasteiger partial charge on any atom is -0.313 e. The highest BCUT2D eigenvalue weighted by molar-refractivity contribution is 8.03. The first kappa shape index (κ1) is 17.3. The van der Waals surface area contributed by atoms with Gasteiger partial charge in [-0.05, 0) is 32.1 Å². The van der Waals surface area contributed by atoms with E-state index >= 15 is 0 Å². The van der Waals surface area contributed by atoms with Gasteiger partial charge < -0.3 is 5.32 Å². The van der Waals surface area contributed by atoms with Gasteiger partial charge in [-0.3, -0.25) is 0 Å². The Morgan fingerprint density at radius 2 is 1.89 bits per heavy atom. The molecule has 0 radical (unpaired) electrons. The Balaban J connectivity index is 2.61. The molecule has 3 nitrogen and oxygen atoms in total. The average molecular weight is 320 g/mol. The Morgan fingerprint density at radius 1 is 1.16 bits per heavy atom. The minimum absolute atomic E-state index is 0.585. The number of aromatic nitrogens is 2. The van der Waals surface area contributed by atoms with E-state index in [0.717, 1.165) is 15.2 Å². The Hall–Kier alpha value is 0.220. The fraction of sp³-hybridized carbons (Fsp3) is 0.846. The van der Waals surface area contributed by atoms with Crippen LogP contribution in [0.4, 0.5) is 0 Å². The summed E-state index contributed by atoms with van der Waals surface area (Å²) < 4.78 is 2.17. The second-order valence-electron chi connectivity index (χ2n) is 4.45. The summed E-state index contributed by atoms with van der Waals surface area (Å²) in [7, 11) is 0. The van der Waals surface area contributed by atoms with Crippen molar-refractivity contribution >= 4 is 34.9 Å². The van der Waals surface area contributed by atoms with Crippen LogP contribution in [0.15, 0.2) is 8.68 Å². The molecule has 0 saturated carbocycles. The van der Waals surface area contributed by atoms with Gasteiger partial charge in [0.15, 0.2) is 8.68 Å². The van der Waals surface area contributed by atoms with E-state index in [-0.39, 0.29) is 0 Å². The van der Waals surface area contributed by atoms with Crippen LogP contribution in [0.25, 0.3) is 0 Å². The summed E-state index contributed by atoms with van der Waals surface area (Å²) in [5.41, 5.74) is 0. The van der Waals surface area contributed by atoms with Crippen LogP contribution in [-0.4, -0.2) is 34.3 Å². The van der Waals surface area contributed by atoms with Crippen LogP contribution in [0, 0.1) is 0 Å². The van der Waals surface area contributed by atoms with E-state index in [2.05, 4.69) is 42.5 Å². The molecule has 0 aliphatic heterocycles. The van der Waals surface area contributed by atoms with Gasteiger partial charge in [0.05, 0.1) is 0 Å². The molecule has 0 aliphatic carbocycles. The third kappa shape index (κ3) is 6.02. The van der Waals surface area contributed by atoms with Crippen molar-refractivity contribution in [2.24, 2.45) is 0 Å². The minimum atomic E-state index is 0.585. The zero-order valence-corrected chi connectivity index (χ0v) is 14.8. The van der Waals surface area contributed by atoms with Crippen molar-refractivity contribution in [3.8, 4) is 0 Å². The summed E-state index contributed by atoms with van der Waals surface area (Å²) in [6, 6.07) is 0.585. The maximum absolute atomic E-state index is 4.28. The first-order valence-corrected chi connectivity index (χ1v) is 9.94. The number of rotatable bonds is 10. The normalized spacial score (nSPS) is 14.5. The maximum Gasteiger partial charge on any atom is 0.175 e. The SMILES string of the molecule is CCCNC(CCC)C(CC)Sc1nnc(SC)s1. The van der Waals surface area contributed by atoms with Gasteiger partial charge in [-0.15, -0.1) is 10.2 Å². The van der Waals surface area contributed by atoms with Gasteiger partial charge in [-0.2, -0.15) is 0 Å². The fourth-order valence-corrected chi connectivity index (χ4v) is 4.84. The van der Waals surface area contributed by atoms with Gasteiger partial charge in [0.1, 0.15) is 0 Å². The van der Waals surface area contributed by atoms with Crippen molar-refractivity contribution in [1.29, 1.82) is 0 Å². The molecule has 0 saturated heterocycles. The van der Waals surface area contributed by atoms with E-state index in [0.29, 0.717) is 11.3 Å². The molecule has 1 N–H and O–H groups in total. The molecule has 0 aromatic carbocycles. The predicted molar refractivity (Wildman–Crippen MR) is 88.6 cm³/mol. The summed E-state index contributed by atoms with van der Waals surface area (Å²) in [5, 5.41) is 12.7. The summed E-state index contributed by atoms with van der Waals surface area (Å²) in [5.74, 6) is 0. The van der Waals surface area contributed by atoms with E-state index in [1.54, 1.807) is 23.1 Å². The molecule has 0 bridgehead atoms. The second-order valence-corrected chi connectivity index (χ2v) is 7.97. The quantitative estimate of drug-likeness (QED) is 0.651. The number of hydrogen-bond acceptors (Lipinski definition) is 6. The molecule has 1 heterocycles. The third-order valence-corrected chi connectivity index (χ3v) is 6.40. The molecule has 0 fully saturated rings. The molecule has 19 heavy (non-hydrogen) atoms. The van der Waals surface area contributed by atoms with Gasteiger partial charge in [0.2, 0.25) is 0 Å². The van der Waals surface area contributed by atoms with Crippen LogP contribution in [0.3, 0.4) is 0 Å². The van der Waals surface area contributed by atoms with Gasteiger partial charge in [-0.1, -0.05) is 62.1 Å².